The number of rotatable bonds is 73. The van der Waals surface area contributed by atoms with Crippen molar-refractivity contribution in [1.82, 2.24) is 0 Å². The van der Waals surface area contributed by atoms with E-state index in [1.54, 1.807) is 0 Å². The summed E-state index contributed by atoms with van der Waals surface area (Å²) in [4.78, 5) is 38.2. The molecule has 0 heterocycles. The number of esters is 2. The van der Waals surface area contributed by atoms with Crippen molar-refractivity contribution in [3.63, 3.8) is 0 Å². The number of hydrogen-bond donors (Lipinski definition) is 0. The Morgan fingerprint density at radius 3 is 0.816 bits per heavy atom. The first-order valence-corrected chi connectivity index (χ1v) is 41.7. The molecule has 0 aromatic heterocycles. The third-order valence-corrected chi connectivity index (χ3v) is 18.0. The monoisotopic (exact) mass is 1380 g/mol. The fourth-order valence-electron chi connectivity index (χ4n) is 11.0. The number of likely N-dealkylation sites (N-methyl/N-ethyl adjacent to an activating group) is 1. The summed E-state index contributed by atoms with van der Waals surface area (Å²) in [6.07, 6.45) is 115. The van der Waals surface area contributed by atoms with Crippen LogP contribution in [-0.2, 0) is 32.7 Å². The van der Waals surface area contributed by atoms with E-state index in [0.717, 1.165) is 128 Å². The van der Waals surface area contributed by atoms with Crippen LogP contribution in [0, 0.1) is 0 Å². The molecule has 0 aliphatic carbocycles. The van der Waals surface area contributed by atoms with Gasteiger partial charge in [-0.05, 0) is 122 Å². The molecule has 0 fully saturated rings. The van der Waals surface area contributed by atoms with Crippen LogP contribution in [-0.4, -0.2) is 70.0 Å². The largest absolute Gasteiger partial charge is 0.756 e. The van der Waals surface area contributed by atoms with Gasteiger partial charge in [-0.15, -0.1) is 0 Å². The van der Waals surface area contributed by atoms with E-state index >= 15 is 0 Å². The second kappa shape index (κ2) is 76.8. The lowest BCUT2D eigenvalue weighted by atomic mass is 10.0. The van der Waals surface area contributed by atoms with Crippen LogP contribution in [0.15, 0.2) is 158 Å². The normalized spacial score (nSPS) is 13.9. The van der Waals surface area contributed by atoms with Gasteiger partial charge in [0.05, 0.1) is 27.7 Å². The molecule has 0 aromatic carbocycles. The molecule has 2 atom stereocenters. The molecule has 560 valence electrons. The van der Waals surface area contributed by atoms with E-state index in [4.69, 9.17) is 18.5 Å². The van der Waals surface area contributed by atoms with Crippen molar-refractivity contribution < 1.29 is 42.1 Å². The molecule has 0 aromatic rings. The number of allylic oxidation sites excluding steroid dienone is 26. The zero-order chi connectivity index (χ0) is 71.1. The van der Waals surface area contributed by atoms with E-state index in [-0.39, 0.29) is 32.0 Å². The summed E-state index contributed by atoms with van der Waals surface area (Å²) in [7, 11) is 1.16. The van der Waals surface area contributed by atoms with E-state index in [9.17, 15) is 19.0 Å². The maximum atomic E-state index is 12.9. The first-order valence-electron chi connectivity index (χ1n) is 40.2. The third-order valence-electron chi connectivity index (χ3n) is 17.0. The van der Waals surface area contributed by atoms with Crippen LogP contribution in [0.3, 0.4) is 0 Å². The van der Waals surface area contributed by atoms with Crippen molar-refractivity contribution in [1.29, 1.82) is 0 Å². The highest BCUT2D eigenvalue weighted by molar-refractivity contribution is 7.45. The molecule has 0 saturated carbocycles. The number of phosphoric ester groups is 1. The number of ether oxygens (including phenoxy) is 2. The minimum Gasteiger partial charge on any atom is -0.756 e. The van der Waals surface area contributed by atoms with Crippen molar-refractivity contribution >= 4 is 19.8 Å². The summed E-state index contributed by atoms with van der Waals surface area (Å²) < 4.78 is 34.4. The molecule has 98 heavy (non-hydrogen) atoms. The fraction of sp³-hybridized carbons (Fsp3) is 0.682. The molecule has 2 unspecified atom stereocenters. The van der Waals surface area contributed by atoms with Gasteiger partial charge in [0, 0.05) is 12.8 Å². The zero-order valence-electron chi connectivity index (χ0n) is 63.9. The maximum Gasteiger partial charge on any atom is 0.306 e. The fourth-order valence-corrected chi connectivity index (χ4v) is 11.7. The summed E-state index contributed by atoms with van der Waals surface area (Å²) in [6, 6.07) is 0. The van der Waals surface area contributed by atoms with E-state index in [1.807, 2.05) is 21.1 Å². The van der Waals surface area contributed by atoms with Gasteiger partial charge < -0.3 is 27.9 Å². The Bertz CT molecular complexity index is 2220. The smallest absolute Gasteiger partial charge is 0.306 e. The third kappa shape index (κ3) is 80.6. The van der Waals surface area contributed by atoms with Crippen molar-refractivity contribution in [3.05, 3.63) is 158 Å². The van der Waals surface area contributed by atoms with Gasteiger partial charge in [0.15, 0.2) is 6.10 Å². The molecule has 0 aliphatic heterocycles. The second-order valence-electron chi connectivity index (χ2n) is 27.7. The molecule has 0 aliphatic rings. The van der Waals surface area contributed by atoms with Gasteiger partial charge in [-0.25, -0.2) is 0 Å². The predicted octanol–water partition coefficient (Wildman–Crippen LogP) is 26.4. The lowest BCUT2D eigenvalue weighted by Crippen LogP contribution is -2.37. The van der Waals surface area contributed by atoms with Crippen LogP contribution in [0.25, 0.3) is 0 Å². The van der Waals surface area contributed by atoms with Gasteiger partial charge in [0.25, 0.3) is 7.82 Å². The second-order valence-corrected chi connectivity index (χ2v) is 29.1. The Morgan fingerprint density at radius 1 is 0.316 bits per heavy atom. The van der Waals surface area contributed by atoms with Gasteiger partial charge in [-0.3, -0.25) is 14.2 Å². The minimum absolute atomic E-state index is 0.0361. The van der Waals surface area contributed by atoms with Gasteiger partial charge in [-0.1, -0.05) is 358 Å². The number of phosphoric acid groups is 1. The van der Waals surface area contributed by atoms with Crippen LogP contribution in [0.2, 0.25) is 0 Å². The van der Waals surface area contributed by atoms with Crippen LogP contribution >= 0.6 is 7.82 Å². The molecule has 0 saturated heterocycles. The van der Waals surface area contributed by atoms with E-state index in [0.29, 0.717) is 17.4 Å². The Hall–Kier alpha value is -4.37. The molecular formula is C88H150NO8P. The minimum atomic E-state index is -4.65. The molecule has 10 heteroatoms. The quantitative estimate of drug-likeness (QED) is 0.0195. The highest BCUT2D eigenvalue weighted by atomic mass is 31.2. The highest BCUT2D eigenvalue weighted by Gasteiger charge is 2.22. The molecule has 0 rings (SSSR count). The molecule has 9 nitrogen and oxygen atoms in total. The topological polar surface area (TPSA) is 111 Å². The molecule has 0 radical (unpaired) electrons. The van der Waals surface area contributed by atoms with Crippen LogP contribution in [0.1, 0.15) is 335 Å². The van der Waals surface area contributed by atoms with Crippen molar-refractivity contribution in [2.45, 2.75) is 341 Å². The number of unbranched alkanes of at least 4 members (excludes halogenated alkanes) is 33. The zero-order valence-corrected chi connectivity index (χ0v) is 64.8. The van der Waals surface area contributed by atoms with Gasteiger partial charge in [-0.2, -0.15) is 0 Å². The Kier molecular flexibility index (Phi) is 73.4. The van der Waals surface area contributed by atoms with E-state index in [1.165, 1.54) is 173 Å². The Morgan fingerprint density at radius 2 is 0.551 bits per heavy atom. The number of quaternary nitrogens is 1. The summed E-state index contributed by atoms with van der Waals surface area (Å²) >= 11 is 0. The molecule has 0 bridgehead atoms. The van der Waals surface area contributed by atoms with Crippen molar-refractivity contribution in [2.75, 3.05) is 47.5 Å². The molecule has 0 amide bonds. The molecular weight excluding hydrogens is 1230 g/mol. The first-order chi connectivity index (χ1) is 48.0. The Balaban J connectivity index is 4.00. The maximum absolute atomic E-state index is 12.9. The molecule has 0 N–H and O–H groups in total. The van der Waals surface area contributed by atoms with Crippen LogP contribution in [0.4, 0.5) is 0 Å². The van der Waals surface area contributed by atoms with Crippen LogP contribution < -0.4 is 4.89 Å². The predicted molar refractivity (Wildman–Crippen MR) is 424 cm³/mol. The number of carbonyl (C=O) groups is 2. The Labute approximate surface area is 605 Å². The van der Waals surface area contributed by atoms with Gasteiger partial charge >= 0.3 is 11.9 Å². The summed E-state index contributed by atoms with van der Waals surface area (Å²) in [5.74, 6) is -0.831. The first kappa shape index (κ1) is 93.6. The average Bonchev–Trinajstić information content (AvgIpc) is 1.23. The average molecular weight is 1380 g/mol. The lowest BCUT2D eigenvalue weighted by Gasteiger charge is -2.28. The van der Waals surface area contributed by atoms with Gasteiger partial charge in [0.2, 0.25) is 0 Å². The van der Waals surface area contributed by atoms with Crippen molar-refractivity contribution in [2.24, 2.45) is 0 Å². The number of nitrogens with zero attached hydrogens (tertiary/aromatic N) is 1. The summed E-state index contributed by atoms with van der Waals surface area (Å²) in [5, 5.41) is 0. The lowest BCUT2D eigenvalue weighted by molar-refractivity contribution is -0.870. The SMILES string of the molecule is CC/C=C\C/C=C\C/C=C\C/C=C\C/C=C\C/C=C\C/C=C\C/C=C\C/C=C\CCCCCCCCCCCCCC(=O)OC(COC(=O)CCCCCCCCCCCCCCCCCCCCCCCC/C=C\C/C=C\C/C=C\C/C=C\CC)COP(=O)([O-])OCC[N+](C)(C)C. The highest BCUT2D eigenvalue weighted by Crippen LogP contribution is 2.38. The van der Waals surface area contributed by atoms with E-state index in [2.05, 4.69) is 172 Å². The van der Waals surface area contributed by atoms with Crippen LogP contribution in [0.5, 0.6) is 0 Å². The summed E-state index contributed by atoms with van der Waals surface area (Å²) in [5.41, 5.74) is 0. The number of hydrogen-bond acceptors (Lipinski definition) is 8. The molecule has 0 spiro atoms. The summed E-state index contributed by atoms with van der Waals surface area (Å²) in [6.45, 7) is 4.03. The number of carbonyl (C=O) groups excluding carboxylic acids is 2. The van der Waals surface area contributed by atoms with Gasteiger partial charge in [0.1, 0.15) is 19.8 Å². The van der Waals surface area contributed by atoms with E-state index < -0.39 is 26.5 Å². The van der Waals surface area contributed by atoms with Crippen molar-refractivity contribution in [3.8, 4) is 0 Å². The standard InChI is InChI=1S/C88H150NO8P/c1-6-8-10-12-14-16-18-20-22-24-26-28-30-32-34-36-38-40-42-43-44-45-47-49-51-53-55-57-59-61-63-65-67-69-71-73-75-77-79-81-88(91)97-86(85-96-98(92,93)95-83-82-89(3,4)5)84-94-87(90)80-78-76-74-72-70-68-66-64-62-60-58-56-54-52-50-48-46-41-39-37-35-33-31-29-27-25-23-21-19-17-15-13-11-9-7-2/h8-11,14-17,20-23,26-29,32,34,38,40,43-44,47,49,53,55,86H,6-7,12-13,18-19,24-25,30-31,33,35-37,39,41-42,45-46,48,50-52,54,56-85H2,1-5H3/b10-8-,11-9-,16-14-,17-15-,22-20-,23-21-,28-26-,29-27-,34-32-,40-38-,44-43-,49-47-,55-53-.